The third-order valence-electron chi connectivity index (χ3n) is 6.45. The first-order valence-electron chi connectivity index (χ1n) is 16.4. The van der Waals surface area contributed by atoms with Gasteiger partial charge in [0.15, 0.2) is 0 Å². The van der Waals surface area contributed by atoms with Crippen LogP contribution in [0, 0.1) is 0 Å². The summed E-state index contributed by atoms with van der Waals surface area (Å²) in [6, 6.07) is 0. The van der Waals surface area contributed by atoms with Gasteiger partial charge in [0.25, 0.3) is 0 Å². The molecule has 12 heteroatoms. The maximum absolute atomic E-state index is 11.6. The highest BCUT2D eigenvalue weighted by atomic mass is 16.6. The average molecular weight is 624 g/mol. The van der Waals surface area contributed by atoms with E-state index in [1.54, 1.807) is 0 Å². The standard InChI is InChI=1S/C31H61NO11/c1-2-3-4-5-6-7-31(33)43-29-27-41-25-23-39-21-19-37-17-15-35-13-12-34-14-16-36-18-20-38-22-24-40-26-28-42-30-8-10-32-11-9-30/h30,32H,2-29H2,1H3. The van der Waals surface area contributed by atoms with Crippen molar-refractivity contribution in [3.63, 3.8) is 0 Å². The molecule has 0 spiro atoms. The second kappa shape index (κ2) is 34.0. The third-order valence-corrected chi connectivity index (χ3v) is 6.45. The molecular formula is C31H61NO11. The van der Waals surface area contributed by atoms with Gasteiger partial charge < -0.3 is 52.7 Å². The van der Waals surface area contributed by atoms with Gasteiger partial charge in [-0.3, -0.25) is 4.79 Å². The lowest BCUT2D eigenvalue weighted by Crippen LogP contribution is -2.33. The highest BCUT2D eigenvalue weighted by molar-refractivity contribution is 5.69. The van der Waals surface area contributed by atoms with Crippen LogP contribution in [0.1, 0.15) is 58.3 Å². The molecule has 0 bridgehead atoms. The van der Waals surface area contributed by atoms with Crippen LogP contribution in [0.25, 0.3) is 0 Å². The first-order chi connectivity index (χ1) is 21.3. The van der Waals surface area contributed by atoms with Crippen molar-refractivity contribution in [1.29, 1.82) is 0 Å². The number of carbonyl (C=O) groups excluding carboxylic acids is 1. The Morgan fingerprint density at radius 2 is 0.884 bits per heavy atom. The molecule has 1 N–H and O–H groups in total. The van der Waals surface area contributed by atoms with Crippen molar-refractivity contribution in [2.45, 2.75) is 64.4 Å². The van der Waals surface area contributed by atoms with Crippen LogP contribution in [0.3, 0.4) is 0 Å². The molecule has 0 unspecified atom stereocenters. The van der Waals surface area contributed by atoms with Crippen molar-refractivity contribution in [2.75, 3.05) is 132 Å². The summed E-state index contributed by atoms with van der Waals surface area (Å²) in [5.41, 5.74) is 0. The summed E-state index contributed by atoms with van der Waals surface area (Å²) >= 11 is 0. The molecule has 1 saturated heterocycles. The van der Waals surface area contributed by atoms with Crippen LogP contribution in [-0.4, -0.2) is 144 Å². The quantitative estimate of drug-likeness (QED) is 0.0838. The van der Waals surface area contributed by atoms with Crippen molar-refractivity contribution in [3.05, 3.63) is 0 Å². The Labute approximate surface area is 260 Å². The number of rotatable bonds is 34. The highest BCUT2D eigenvalue weighted by Gasteiger charge is 2.12. The van der Waals surface area contributed by atoms with E-state index in [1.807, 2.05) is 0 Å². The number of piperidine rings is 1. The zero-order valence-electron chi connectivity index (χ0n) is 26.9. The Kier molecular flexibility index (Phi) is 31.7. The molecule has 0 atom stereocenters. The second-order valence-electron chi connectivity index (χ2n) is 10.1. The van der Waals surface area contributed by atoms with E-state index in [9.17, 15) is 4.79 Å². The molecule has 0 aliphatic carbocycles. The first-order valence-corrected chi connectivity index (χ1v) is 16.4. The van der Waals surface area contributed by atoms with Crippen LogP contribution < -0.4 is 5.32 Å². The number of hydrogen-bond acceptors (Lipinski definition) is 12. The Balaban J connectivity index is 1.63. The lowest BCUT2D eigenvalue weighted by Gasteiger charge is -2.22. The second-order valence-corrected chi connectivity index (χ2v) is 10.1. The van der Waals surface area contributed by atoms with Gasteiger partial charge in [0, 0.05) is 6.42 Å². The molecule has 0 radical (unpaired) electrons. The van der Waals surface area contributed by atoms with Crippen LogP contribution in [0.15, 0.2) is 0 Å². The molecule has 0 saturated carbocycles. The van der Waals surface area contributed by atoms with Crippen molar-refractivity contribution in [3.8, 4) is 0 Å². The summed E-state index contributed by atoms with van der Waals surface area (Å²) in [7, 11) is 0. The molecule has 1 fully saturated rings. The van der Waals surface area contributed by atoms with Gasteiger partial charge in [-0.2, -0.15) is 0 Å². The van der Waals surface area contributed by atoms with Gasteiger partial charge in [-0.25, -0.2) is 0 Å². The Morgan fingerprint density at radius 1 is 0.512 bits per heavy atom. The molecule has 12 nitrogen and oxygen atoms in total. The van der Waals surface area contributed by atoms with E-state index < -0.39 is 0 Å². The lowest BCUT2D eigenvalue weighted by molar-refractivity contribution is -0.145. The van der Waals surface area contributed by atoms with E-state index in [2.05, 4.69) is 12.2 Å². The summed E-state index contributed by atoms with van der Waals surface area (Å²) in [5, 5.41) is 3.33. The van der Waals surface area contributed by atoms with Gasteiger partial charge in [-0.15, -0.1) is 0 Å². The Bertz CT molecular complexity index is 568. The number of hydrogen-bond donors (Lipinski definition) is 1. The Morgan fingerprint density at radius 3 is 1.30 bits per heavy atom. The predicted molar refractivity (Wildman–Crippen MR) is 163 cm³/mol. The molecule has 1 heterocycles. The molecule has 0 aromatic heterocycles. The molecular weight excluding hydrogens is 562 g/mol. The SMILES string of the molecule is CCCCCCCC(=O)OCCOCCOCCOCCOCCOCCOCCOCCOCCOC1CCNCC1. The molecule has 1 aliphatic rings. The summed E-state index contributed by atoms with van der Waals surface area (Å²) in [4.78, 5) is 11.6. The first kappa shape index (κ1) is 40.1. The zero-order valence-corrected chi connectivity index (χ0v) is 26.9. The van der Waals surface area contributed by atoms with E-state index >= 15 is 0 Å². The smallest absolute Gasteiger partial charge is 0.305 e. The van der Waals surface area contributed by atoms with Gasteiger partial charge in [0.2, 0.25) is 0 Å². The number of esters is 1. The molecule has 0 aromatic carbocycles. The fourth-order valence-corrected chi connectivity index (χ4v) is 4.04. The van der Waals surface area contributed by atoms with Crippen molar-refractivity contribution in [1.82, 2.24) is 5.32 Å². The number of ether oxygens (including phenoxy) is 10. The fourth-order valence-electron chi connectivity index (χ4n) is 4.04. The lowest BCUT2D eigenvalue weighted by atomic mass is 10.1. The minimum atomic E-state index is -0.143. The normalized spacial score (nSPS) is 14.0. The monoisotopic (exact) mass is 623 g/mol. The maximum atomic E-state index is 11.6. The van der Waals surface area contributed by atoms with E-state index in [0.29, 0.717) is 125 Å². The van der Waals surface area contributed by atoms with Crippen molar-refractivity contribution < 1.29 is 52.2 Å². The van der Waals surface area contributed by atoms with Crippen LogP contribution in [0.4, 0.5) is 0 Å². The Hall–Kier alpha value is -0.930. The van der Waals surface area contributed by atoms with E-state index in [0.717, 1.165) is 38.8 Å². The minimum Gasteiger partial charge on any atom is -0.463 e. The molecule has 0 amide bonds. The van der Waals surface area contributed by atoms with Crippen molar-refractivity contribution >= 4 is 5.97 Å². The third kappa shape index (κ3) is 30.9. The average Bonchev–Trinajstić information content (AvgIpc) is 3.02. The number of unbranched alkanes of at least 4 members (excludes halogenated alkanes) is 4. The fraction of sp³-hybridized carbons (Fsp3) is 0.968. The van der Waals surface area contributed by atoms with E-state index in [1.165, 1.54) is 19.3 Å². The maximum Gasteiger partial charge on any atom is 0.305 e. The molecule has 1 aliphatic heterocycles. The molecule has 1 rings (SSSR count). The minimum absolute atomic E-state index is 0.143. The van der Waals surface area contributed by atoms with Gasteiger partial charge in [-0.05, 0) is 32.4 Å². The van der Waals surface area contributed by atoms with Gasteiger partial charge >= 0.3 is 5.97 Å². The topological polar surface area (TPSA) is 121 Å². The summed E-state index contributed by atoms with van der Waals surface area (Å²) < 4.78 is 54.7. The summed E-state index contributed by atoms with van der Waals surface area (Å²) in [6.07, 6.45) is 8.63. The summed E-state index contributed by atoms with van der Waals surface area (Å²) in [5.74, 6) is -0.143. The van der Waals surface area contributed by atoms with E-state index in [-0.39, 0.29) is 12.6 Å². The largest absolute Gasteiger partial charge is 0.463 e. The van der Waals surface area contributed by atoms with Gasteiger partial charge in [-0.1, -0.05) is 32.6 Å². The zero-order chi connectivity index (χ0) is 30.7. The van der Waals surface area contributed by atoms with Crippen LogP contribution in [-0.2, 0) is 52.2 Å². The molecule has 0 aromatic rings. The number of carbonyl (C=O) groups is 1. The van der Waals surface area contributed by atoms with E-state index in [4.69, 9.17) is 47.4 Å². The van der Waals surface area contributed by atoms with Crippen LogP contribution in [0.2, 0.25) is 0 Å². The van der Waals surface area contributed by atoms with Crippen molar-refractivity contribution in [2.24, 2.45) is 0 Å². The van der Waals surface area contributed by atoms with Gasteiger partial charge in [0.1, 0.15) is 6.61 Å². The molecule has 256 valence electrons. The van der Waals surface area contributed by atoms with Gasteiger partial charge in [0.05, 0.1) is 118 Å². The van der Waals surface area contributed by atoms with Crippen LogP contribution in [0.5, 0.6) is 0 Å². The highest BCUT2D eigenvalue weighted by Crippen LogP contribution is 2.07. The molecule has 43 heavy (non-hydrogen) atoms. The number of nitrogens with one attached hydrogen (secondary N) is 1. The summed E-state index contributed by atoms with van der Waals surface area (Å²) in [6.45, 7) is 13.4. The van der Waals surface area contributed by atoms with Crippen LogP contribution >= 0.6 is 0 Å². The predicted octanol–water partition coefficient (Wildman–Crippen LogP) is 2.79.